The minimum atomic E-state index is 0.197. The number of carbonyl (C=O) groups excluding carboxylic acids is 1. The normalized spacial score (nSPS) is 19.5. The highest BCUT2D eigenvalue weighted by Crippen LogP contribution is 2.19. The van der Waals surface area contributed by atoms with Crippen LogP contribution in [-0.2, 0) is 11.2 Å². The first kappa shape index (κ1) is 13.1. The number of nitrogens with two attached hydrogens (primary N) is 1. The predicted molar refractivity (Wildman–Crippen MR) is 68.1 cm³/mol. The van der Waals surface area contributed by atoms with E-state index in [1.807, 2.05) is 18.7 Å². The average Bonchev–Trinajstić information content (AvgIpc) is 2.94. The molecule has 1 saturated heterocycles. The van der Waals surface area contributed by atoms with E-state index in [1.165, 1.54) is 0 Å². The summed E-state index contributed by atoms with van der Waals surface area (Å²) < 4.78 is 5.10. The molecule has 1 aromatic rings. The molecule has 2 rings (SSSR count). The monoisotopic (exact) mass is 251 g/mol. The topological polar surface area (TPSA) is 72.4 Å². The van der Waals surface area contributed by atoms with E-state index in [4.69, 9.17) is 10.3 Å². The van der Waals surface area contributed by atoms with Gasteiger partial charge in [-0.1, -0.05) is 5.16 Å². The molecule has 1 amide bonds. The van der Waals surface area contributed by atoms with Crippen molar-refractivity contribution in [2.24, 2.45) is 5.73 Å². The van der Waals surface area contributed by atoms with Gasteiger partial charge in [-0.3, -0.25) is 4.79 Å². The van der Waals surface area contributed by atoms with Crippen LogP contribution in [0.4, 0.5) is 0 Å². The maximum absolute atomic E-state index is 12.2. The minimum absolute atomic E-state index is 0.197. The van der Waals surface area contributed by atoms with Gasteiger partial charge in [0.05, 0.1) is 5.69 Å². The molecule has 2 heterocycles. The van der Waals surface area contributed by atoms with Crippen molar-refractivity contribution < 1.29 is 9.32 Å². The molecule has 2 N–H and O–H groups in total. The van der Waals surface area contributed by atoms with Gasteiger partial charge in [0, 0.05) is 31.1 Å². The van der Waals surface area contributed by atoms with Crippen LogP contribution in [0.2, 0.25) is 0 Å². The zero-order valence-corrected chi connectivity index (χ0v) is 11.1. The van der Waals surface area contributed by atoms with E-state index in [-0.39, 0.29) is 11.9 Å². The summed E-state index contributed by atoms with van der Waals surface area (Å²) in [6, 6.07) is 0.238. The van der Waals surface area contributed by atoms with Gasteiger partial charge in [-0.05, 0) is 33.1 Å². The number of nitrogens with zero attached hydrogens (tertiary/aromatic N) is 2. The molecule has 0 aromatic carbocycles. The molecule has 1 aromatic heterocycles. The second-order valence-corrected chi connectivity index (χ2v) is 4.92. The predicted octanol–water partition coefficient (Wildman–Crippen LogP) is 1.17. The number of likely N-dealkylation sites (tertiary alicyclic amines) is 1. The summed E-state index contributed by atoms with van der Waals surface area (Å²) in [7, 11) is 0. The molecule has 0 aliphatic carbocycles. The number of amides is 1. The fourth-order valence-electron chi connectivity index (χ4n) is 2.64. The highest BCUT2D eigenvalue weighted by Gasteiger charge is 2.27. The molecule has 1 aliphatic heterocycles. The van der Waals surface area contributed by atoms with Crippen LogP contribution in [0, 0.1) is 13.8 Å². The van der Waals surface area contributed by atoms with Gasteiger partial charge in [0.25, 0.3) is 0 Å². The van der Waals surface area contributed by atoms with Gasteiger partial charge < -0.3 is 15.2 Å². The van der Waals surface area contributed by atoms with Crippen molar-refractivity contribution in [3.05, 3.63) is 17.0 Å². The number of rotatable bonds is 4. The molecule has 1 fully saturated rings. The van der Waals surface area contributed by atoms with Crippen molar-refractivity contribution in [3.63, 3.8) is 0 Å². The Labute approximate surface area is 107 Å². The largest absolute Gasteiger partial charge is 0.361 e. The van der Waals surface area contributed by atoms with Crippen molar-refractivity contribution in [1.29, 1.82) is 0 Å². The Hall–Kier alpha value is -1.36. The van der Waals surface area contributed by atoms with Gasteiger partial charge in [-0.2, -0.15) is 0 Å². The molecule has 0 radical (unpaired) electrons. The highest BCUT2D eigenvalue weighted by atomic mass is 16.5. The molecule has 18 heavy (non-hydrogen) atoms. The third kappa shape index (κ3) is 2.56. The van der Waals surface area contributed by atoms with Crippen LogP contribution in [0.5, 0.6) is 0 Å². The summed E-state index contributed by atoms with van der Waals surface area (Å²) >= 11 is 0. The molecule has 1 atom stereocenters. The molecule has 0 bridgehead atoms. The fourth-order valence-corrected chi connectivity index (χ4v) is 2.64. The summed E-state index contributed by atoms with van der Waals surface area (Å²) in [5.41, 5.74) is 7.63. The van der Waals surface area contributed by atoms with Crippen LogP contribution >= 0.6 is 0 Å². The van der Waals surface area contributed by atoms with Crippen LogP contribution in [0.1, 0.15) is 36.3 Å². The lowest BCUT2D eigenvalue weighted by molar-refractivity contribution is -0.131. The molecular formula is C13H21N3O2. The van der Waals surface area contributed by atoms with Gasteiger partial charge in [-0.25, -0.2) is 0 Å². The molecule has 0 saturated carbocycles. The summed E-state index contributed by atoms with van der Waals surface area (Å²) in [5, 5.41) is 3.90. The van der Waals surface area contributed by atoms with Crippen molar-refractivity contribution in [3.8, 4) is 0 Å². The van der Waals surface area contributed by atoms with Crippen LogP contribution < -0.4 is 5.73 Å². The van der Waals surface area contributed by atoms with Crippen molar-refractivity contribution >= 4 is 5.91 Å². The standard InChI is InChI=1S/C13H21N3O2/c1-9-12(10(2)18-15-9)5-6-13(17)16-7-3-4-11(16)8-14/h11H,3-8,14H2,1-2H3. The van der Waals surface area contributed by atoms with Gasteiger partial charge in [0.2, 0.25) is 5.91 Å². The minimum Gasteiger partial charge on any atom is -0.361 e. The zero-order valence-electron chi connectivity index (χ0n) is 11.1. The lowest BCUT2D eigenvalue weighted by Gasteiger charge is -2.23. The summed E-state index contributed by atoms with van der Waals surface area (Å²) in [4.78, 5) is 14.1. The molecule has 1 aliphatic rings. The SMILES string of the molecule is Cc1noc(C)c1CCC(=O)N1CCCC1CN. The van der Waals surface area contributed by atoms with Crippen LogP contribution in [0.15, 0.2) is 4.52 Å². The number of hydrogen-bond donors (Lipinski definition) is 1. The lowest BCUT2D eigenvalue weighted by Crippen LogP contribution is -2.40. The first-order chi connectivity index (χ1) is 8.63. The summed E-state index contributed by atoms with van der Waals surface area (Å²) in [5.74, 6) is 1.01. The van der Waals surface area contributed by atoms with E-state index >= 15 is 0 Å². The zero-order chi connectivity index (χ0) is 13.1. The average molecular weight is 251 g/mol. The number of carbonyl (C=O) groups is 1. The Morgan fingerprint density at radius 1 is 1.56 bits per heavy atom. The highest BCUT2D eigenvalue weighted by molar-refractivity contribution is 5.77. The maximum Gasteiger partial charge on any atom is 0.223 e. The Morgan fingerprint density at radius 3 is 2.94 bits per heavy atom. The molecule has 0 spiro atoms. The molecule has 5 nitrogen and oxygen atoms in total. The van der Waals surface area contributed by atoms with Gasteiger partial charge in [0.15, 0.2) is 0 Å². The van der Waals surface area contributed by atoms with E-state index in [0.717, 1.165) is 36.4 Å². The van der Waals surface area contributed by atoms with Gasteiger partial charge in [0.1, 0.15) is 5.76 Å². The van der Waals surface area contributed by atoms with E-state index < -0.39 is 0 Å². The van der Waals surface area contributed by atoms with Crippen LogP contribution in [0.25, 0.3) is 0 Å². The third-order valence-corrected chi connectivity index (χ3v) is 3.74. The smallest absolute Gasteiger partial charge is 0.223 e. The third-order valence-electron chi connectivity index (χ3n) is 3.74. The number of aromatic nitrogens is 1. The summed E-state index contributed by atoms with van der Waals surface area (Å²) in [6.45, 7) is 5.21. The first-order valence-electron chi connectivity index (χ1n) is 6.54. The van der Waals surface area contributed by atoms with Crippen LogP contribution in [0.3, 0.4) is 0 Å². The van der Waals surface area contributed by atoms with E-state index in [2.05, 4.69) is 5.16 Å². The second-order valence-electron chi connectivity index (χ2n) is 4.92. The molecular weight excluding hydrogens is 230 g/mol. The number of aryl methyl sites for hydroxylation is 2. The molecule has 1 unspecified atom stereocenters. The van der Waals surface area contributed by atoms with Crippen molar-refractivity contribution in [1.82, 2.24) is 10.1 Å². The van der Waals surface area contributed by atoms with Gasteiger partial charge in [-0.15, -0.1) is 0 Å². The van der Waals surface area contributed by atoms with E-state index in [1.54, 1.807) is 0 Å². The van der Waals surface area contributed by atoms with Gasteiger partial charge >= 0.3 is 0 Å². The Balaban J connectivity index is 1.92. The van der Waals surface area contributed by atoms with Crippen LogP contribution in [-0.4, -0.2) is 35.1 Å². The molecule has 100 valence electrons. The first-order valence-corrected chi connectivity index (χ1v) is 6.54. The van der Waals surface area contributed by atoms with E-state index in [0.29, 0.717) is 19.4 Å². The Kier molecular flexibility index (Phi) is 4.01. The number of hydrogen-bond acceptors (Lipinski definition) is 4. The quantitative estimate of drug-likeness (QED) is 0.872. The van der Waals surface area contributed by atoms with Crippen molar-refractivity contribution in [2.45, 2.75) is 45.6 Å². The van der Waals surface area contributed by atoms with E-state index in [9.17, 15) is 4.79 Å². The summed E-state index contributed by atoms with van der Waals surface area (Å²) in [6.07, 6.45) is 3.32. The fraction of sp³-hybridized carbons (Fsp3) is 0.692. The Bertz CT molecular complexity index is 408. The lowest BCUT2D eigenvalue weighted by atomic mass is 10.1. The Morgan fingerprint density at radius 2 is 2.33 bits per heavy atom. The maximum atomic E-state index is 12.2. The molecule has 5 heteroatoms. The second kappa shape index (κ2) is 5.52. The van der Waals surface area contributed by atoms with Crippen molar-refractivity contribution in [2.75, 3.05) is 13.1 Å².